The highest BCUT2D eigenvalue weighted by molar-refractivity contribution is 5.85. The zero-order chi connectivity index (χ0) is 15.4. The normalized spacial score (nSPS) is 23.3. The number of carbonyl (C=O) groups excluding carboxylic acids is 1. The maximum absolute atomic E-state index is 12.3. The summed E-state index contributed by atoms with van der Waals surface area (Å²) < 4.78 is 0. The van der Waals surface area contributed by atoms with Gasteiger partial charge in [0.2, 0.25) is 5.91 Å². The lowest BCUT2D eigenvalue weighted by atomic mass is 9.78. The lowest BCUT2D eigenvalue weighted by Crippen LogP contribution is -2.40. The molecule has 0 aromatic heterocycles. The second-order valence-corrected chi connectivity index (χ2v) is 5.66. The van der Waals surface area contributed by atoms with Gasteiger partial charge in [-0.3, -0.25) is 9.59 Å². The van der Waals surface area contributed by atoms with Gasteiger partial charge in [0.05, 0.1) is 17.9 Å². The van der Waals surface area contributed by atoms with Gasteiger partial charge in [0, 0.05) is 0 Å². The fraction of sp³-hybridized carbons (Fsp3) is 0.500. The van der Waals surface area contributed by atoms with Crippen molar-refractivity contribution in [3.05, 3.63) is 29.8 Å². The van der Waals surface area contributed by atoms with Gasteiger partial charge in [0.25, 0.3) is 0 Å². The van der Waals surface area contributed by atoms with Gasteiger partial charge in [-0.2, -0.15) is 0 Å². The van der Waals surface area contributed by atoms with Crippen molar-refractivity contribution in [2.45, 2.75) is 38.6 Å². The number of carboxylic acids is 1. The Bertz CT molecular complexity index is 529. The molecule has 1 aromatic carbocycles. The van der Waals surface area contributed by atoms with E-state index in [0.29, 0.717) is 12.8 Å². The molecule has 0 radical (unpaired) electrons. The SMILES string of the molecule is CC(NC(=O)C1CCCCC1C(=O)O)c1cccc(O)c1. The molecule has 1 aliphatic carbocycles. The molecule has 21 heavy (non-hydrogen) atoms. The van der Waals surface area contributed by atoms with Crippen molar-refractivity contribution < 1.29 is 19.8 Å². The predicted octanol–water partition coefficient (Wildman–Crippen LogP) is 2.46. The summed E-state index contributed by atoms with van der Waals surface area (Å²) in [5.74, 6) is -2.00. The zero-order valence-electron chi connectivity index (χ0n) is 12.1. The third-order valence-electron chi connectivity index (χ3n) is 4.15. The van der Waals surface area contributed by atoms with E-state index in [2.05, 4.69) is 5.32 Å². The van der Waals surface area contributed by atoms with E-state index in [4.69, 9.17) is 0 Å². The number of hydrogen-bond acceptors (Lipinski definition) is 3. The Hall–Kier alpha value is -2.04. The van der Waals surface area contributed by atoms with Crippen molar-refractivity contribution in [2.75, 3.05) is 0 Å². The van der Waals surface area contributed by atoms with E-state index in [0.717, 1.165) is 18.4 Å². The maximum atomic E-state index is 12.3. The number of benzene rings is 1. The number of carbonyl (C=O) groups is 2. The van der Waals surface area contributed by atoms with Gasteiger partial charge in [-0.05, 0) is 37.5 Å². The molecule has 5 nitrogen and oxygen atoms in total. The van der Waals surface area contributed by atoms with E-state index in [1.165, 1.54) is 0 Å². The quantitative estimate of drug-likeness (QED) is 0.795. The Kier molecular flexibility index (Phi) is 4.83. The monoisotopic (exact) mass is 291 g/mol. The molecular weight excluding hydrogens is 270 g/mol. The molecule has 5 heteroatoms. The lowest BCUT2D eigenvalue weighted by Gasteiger charge is -2.28. The van der Waals surface area contributed by atoms with Gasteiger partial charge in [0.1, 0.15) is 5.75 Å². The molecule has 1 amide bonds. The summed E-state index contributed by atoms with van der Waals surface area (Å²) in [6.45, 7) is 1.82. The average Bonchev–Trinajstić information content (AvgIpc) is 2.47. The first-order valence-corrected chi connectivity index (χ1v) is 7.31. The van der Waals surface area contributed by atoms with Crippen molar-refractivity contribution >= 4 is 11.9 Å². The molecule has 1 aliphatic rings. The molecule has 3 N–H and O–H groups in total. The Morgan fingerprint density at radius 1 is 1.24 bits per heavy atom. The van der Waals surface area contributed by atoms with E-state index in [1.807, 2.05) is 13.0 Å². The first kappa shape index (κ1) is 15.4. The summed E-state index contributed by atoms with van der Waals surface area (Å²) in [6, 6.07) is 6.44. The van der Waals surface area contributed by atoms with E-state index < -0.39 is 17.8 Å². The van der Waals surface area contributed by atoms with Crippen LogP contribution >= 0.6 is 0 Å². The van der Waals surface area contributed by atoms with Crippen LogP contribution in [-0.4, -0.2) is 22.1 Å². The number of aliphatic carboxylic acids is 1. The fourth-order valence-electron chi connectivity index (χ4n) is 2.94. The van der Waals surface area contributed by atoms with Crippen molar-refractivity contribution in [1.82, 2.24) is 5.32 Å². The highest BCUT2D eigenvalue weighted by Crippen LogP contribution is 2.31. The molecule has 1 aromatic rings. The summed E-state index contributed by atoms with van der Waals surface area (Å²) in [6.07, 6.45) is 2.94. The summed E-state index contributed by atoms with van der Waals surface area (Å²) in [5.41, 5.74) is 0.797. The Morgan fingerprint density at radius 3 is 2.52 bits per heavy atom. The molecule has 0 spiro atoms. The lowest BCUT2D eigenvalue weighted by molar-refractivity contribution is -0.149. The molecule has 0 heterocycles. The number of carboxylic acid groups (broad SMARTS) is 1. The highest BCUT2D eigenvalue weighted by Gasteiger charge is 2.36. The Balaban J connectivity index is 2.04. The molecule has 1 fully saturated rings. The van der Waals surface area contributed by atoms with Crippen LogP contribution < -0.4 is 5.32 Å². The number of phenolic OH excluding ortho intramolecular Hbond substituents is 1. The minimum absolute atomic E-state index is 0.148. The number of amides is 1. The van der Waals surface area contributed by atoms with Crippen molar-refractivity contribution in [3.63, 3.8) is 0 Å². The summed E-state index contributed by atoms with van der Waals surface area (Å²) in [5, 5.41) is 21.6. The van der Waals surface area contributed by atoms with E-state index in [1.54, 1.807) is 18.2 Å². The fourth-order valence-corrected chi connectivity index (χ4v) is 2.94. The van der Waals surface area contributed by atoms with Gasteiger partial charge in [-0.15, -0.1) is 0 Å². The average molecular weight is 291 g/mol. The molecule has 3 atom stereocenters. The summed E-state index contributed by atoms with van der Waals surface area (Å²) in [4.78, 5) is 23.6. The Morgan fingerprint density at radius 2 is 1.90 bits per heavy atom. The summed E-state index contributed by atoms with van der Waals surface area (Å²) >= 11 is 0. The van der Waals surface area contributed by atoms with Gasteiger partial charge in [-0.1, -0.05) is 25.0 Å². The third kappa shape index (κ3) is 3.74. The molecular formula is C16H21NO4. The molecule has 0 aliphatic heterocycles. The summed E-state index contributed by atoms with van der Waals surface area (Å²) in [7, 11) is 0. The number of phenols is 1. The molecule has 2 rings (SSSR count). The molecule has 0 bridgehead atoms. The van der Waals surface area contributed by atoms with Crippen molar-refractivity contribution in [1.29, 1.82) is 0 Å². The minimum atomic E-state index is -0.889. The van der Waals surface area contributed by atoms with Gasteiger partial charge in [-0.25, -0.2) is 0 Å². The first-order valence-electron chi connectivity index (χ1n) is 7.31. The zero-order valence-corrected chi connectivity index (χ0v) is 12.1. The van der Waals surface area contributed by atoms with Crippen LogP contribution in [0.4, 0.5) is 0 Å². The molecule has 1 saturated carbocycles. The van der Waals surface area contributed by atoms with Crippen molar-refractivity contribution in [3.8, 4) is 5.75 Å². The van der Waals surface area contributed by atoms with Crippen LogP contribution in [0.25, 0.3) is 0 Å². The standard InChI is InChI=1S/C16H21NO4/c1-10(11-5-4-6-12(18)9-11)17-15(19)13-7-2-3-8-14(13)16(20)21/h4-6,9-10,13-14,18H,2-3,7-8H2,1H3,(H,17,19)(H,20,21). The van der Waals surface area contributed by atoms with Crippen LogP contribution in [0.1, 0.15) is 44.2 Å². The number of nitrogens with one attached hydrogen (secondary N) is 1. The largest absolute Gasteiger partial charge is 0.508 e. The molecule has 3 unspecified atom stereocenters. The topological polar surface area (TPSA) is 86.6 Å². The van der Waals surface area contributed by atoms with Crippen LogP contribution in [0.2, 0.25) is 0 Å². The van der Waals surface area contributed by atoms with Crippen molar-refractivity contribution in [2.24, 2.45) is 11.8 Å². The third-order valence-corrected chi connectivity index (χ3v) is 4.15. The van der Waals surface area contributed by atoms with Crippen LogP contribution in [0.15, 0.2) is 24.3 Å². The van der Waals surface area contributed by atoms with Gasteiger partial charge >= 0.3 is 5.97 Å². The molecule has 114 valence electrons. The van der Waals surface area contributed by atoms with Gasteiger partial charge in [0.15, 0.2) is 0 Å². The number of hydrogen-bond donors (Lipinski definition) is 3. The molecule has 0 saturated heterocycles. The van der Waals surface area contributed by atoms with Gasteiger partial charge < -0.3 is 15.5 Å². The minimum Gasteiger partial charge on any atom is -0.508 e. The second kappa shape index (κ2) is 6.61. The number of rotatable bonds is 4. The van der Waals surface area contributed by atoms with E-state index in [-0.39, 0.29) is 17.7 Å². The Labute approximate surface area is 124 Å². The van der Waals surface area contributed by atoms with Crippen LogP contribution in [0, 0.1) is 11.8 Å². The maximum Gasteiger partial charge on any atom is 0.307 e. The highest BCUT2D eigenvalue weighted by atomic mass is 16.4. The smallest absolute Gasteiger partial charge is 0.307 e. The van der Waals surface area contributed by atoms with E-state index >= 15 is 0 Å². The predicted molar refractivity (Wildman–Crippen MR) is 77.7 cm³/mol. The first-order chi connectivity index (χ1) is 9.99. The van der Waals surface area contributed by atoms with Crippen LogP contribution in [0.3, 0.4) is 0 Å². The van der Waals surface area contributed by atoms with Crippen LogP contribution in [-0.2, 0) is 9.59 Å². The second-order valence-electron chi connectivity index (χ2n) is 5.66. The van der Waals surface area contributed by atoms with E-state index in [9.17, 15) is 19.8 Å². The van der Waals surface area contributed by atoms with Crippen LogP contribution in [0.5, 0.6) is 5.75 Å². The number of aromatic hydroxyl groups is 1.